The second-order valence-electron chi connectivity index (χ2n) is 6.79. The van der Waals surface area contributed by atoms with Gasteiger partial charge in [-0.2, -0.15) is 16.8 Å². The van der Waals surface area contributed by atoms with Gasteiger partial charge < -0.3 is 0 Å². The Hall–Kier alpha value is -1.48. The van der Waals surface area contributed by atoms with E-state index < -0.39 is 20.2 Å². The van der Waals surface area contributed by atoms with Crippen LogP contribution in [0.2, 0.25) is 0 Å². The van der Waals surface area contributed by atoms with E-state index in [2.05, 4.69) is 6.92 Å². The molecule has 0 amide bonds. The molecule has 27 heavy (non-hydrogen) atoms. The van der Waals surface area contributed by atoms with Crippen LogP contribution < -0.4 is 0 Å². The van der Waals surface area contributed by atoms with Crippen molar-refractivity contribution in [3.05, 3.63) is 35.9 Å². The molecule has 0 saturated heterocycles. The Bertz CT molecular complexity index is 989. The summed E-state index contributed by atoms with van der Waals surface area (Å²) in [5, 5.41) is 1.05. The van der Waals surface area contributed by atoms with Crippen LogP contribution in [0.3, 0.4) is 0 Å². The van der Waals surface area contributed by atoms with Gasteiger partial charge in [-0.05, 0) is 53.4 Å². The van der Waals surface area contributed by atoms with E-state index in [0.717, 1.165) is 24.8 Å². The van der Waals surface area contributed by atoms with Crippen molar-refractivity contribution >= 4 is 31.0 Å². The van der Waals surface area contributed by atoms with Crippen LogP contribution in [0.4, 0.5) is 0 Å². The lowest BCUT2D eigenvalue weighted by Crippen LogP contribution is -2.02. The highest BCUT2D eigenvalue weighted by Gasteiger charge is 2.16. The molecule has 0 unspecified atom stereocenters. The summed E-state index contributed by atoms with van der Waals surface area (Å²) in [5.74, 6) is 0. The number of benzene rings is 2. The van der Waals surface area contributed by atoms with Crippen LogP contribution in [0.1, 0.15) is 57.4 Å². The number of hydrogen-bond acceptors (Lipinski definition) is 4. The van der Waals surface area contributed by atoms with Gasteiger partial charge in [0.05, 0.1) is 9.79 Å². The molecule has 0 atom stereocenters. The molecular formula is C19H26O6S2. The molecule has 0 spiro atoms. The first-order chi connectivity index (χ1) is 12.6. The van der Waals surface area contributed by atoms with E-state index in [-0.39, 0.29) is 9.79 Å². The Kier molecular flexibility index (Phi) is 7.39. The maximum atomic E-state index is 11.6. The van der Waals surface area contributed by atoms with E-state index in [1.165, 1.54) is 49.9 Å². The second-order valence-corrected chi connectivity index (χ2v) is 9.63. The van der Waals surface area contributed by atoms with Gasteiger partial charge in [0.2, 0.25) is 0 Å². The van der Waals surface area contributed by atoms with Gasteiger partial charge in [-0.1, -0.05) is 51.5 Å². The largest absolute Gasteiger partial charge is 0.294 e. The van der Waals surface area contributed by atoms with E-state index in [1.54, 1.807) is 6.07 Å². The zero-order valence-corrected chi connectivity index (χ0v) is 17.0. The fraction of sp³-hybridized carbons (Fsp3) is 0.474. The van der Waals surface area contributed by atoms with E-state index >= 15 is 0 Å². The molecule has 0 fully saturated rings. The molecule has 6 nitrogen and oxygen atoms in total. The Morgan fingerprint density at radius 3 is 1.89 bits per heavy atom. The third-order valence-electron chi connectivity index (χ3n) is 4.63. The van der Waals surface area contributed by atoms with Crippen molar-refractivity contribution in [3.8, 4) is 0 Å². The summed E-state index contributed by atoms with van der Waals surface area (Å²) in [5.41, 5.74) is 0.732. The minimum atomic E-state index is -4.42. The summed E-state index contributed by atoms with van der Waals surface area (Å²) in [6, 6.07) is 6.71. The molecule has 0 heterocycles. The number of fused-ring (bicyclic) bond motifs is 1. The van der Waals surface area contributed by atoms with Crippen molar-refractivity contribution < 1.29 is 25.9 Å². The second kappa shape index (κ2) is 9.14. The lowest BCUT2D eigenvalue weighted by molar-refractivity contribution is 0.481. The van der Waals surface area contributed by atoms with Crippen LogP contribution in [0.5, 0.6) is 0 Å². The standard InChI is InChI=1S/C19H26O6S2/c1-2-3-4-5-6-7-8-9-15-12-18(27(23,24)25)14-16-13-17(26(20,21)22)10-11-19(15)16/h10-14H,2-9H2,1H3,(H,20,21,22)(H,23,24,25). The molecule has 2 aromatic rings. The quantitative estimate of drug-likeness (QED) is 0.433. The van der Waals surface area contributed by atoms with E-state index in [9.17, 15) is 25.9 Å². The zero-order chi connectivity index (χ0) is 20.1. The minimum absolute atomic E-state index is 0.277. The summed E-state index contributed by atoms with van der Waals surface area (Å²) in [6.07, 6.45) is 8.45. The summed E-state index contributed by atoms with van der Waals surface area (Å²) in [6.45, 7) is 2.17. The summed E-state index contributed by atoms with van der Waals surface area (Å²) in [7, 11) is -8.82. The summed E-state index contributed by atoms with van der Waals surface area (Å²) >= 11 is 0. The normalized spacial score (nSPS) is 12.6. The molecule has 0 aliphatic rings. The monoisotopic (exact) mass is 414 g/mol. The van der Waals surface area contributed by atoms with Crippen LogP contribution in [0, 0.1) is 0 Å². The first-order valence-electron chi connectivity index (χ1n) is 9.14. The smallest absolute Gasteiger partial charge is 0.282 e. The molecule has 0 aliphatic heterocycles. The third kappa shape index (κ3) is 6.27. The zero-order valence-electron chi connectivity index (χ0n) is 15.4. The average molecular weight is 415 g/mol. The molecule has 0 aliphatic carbocycles. The molecule has 0 aromatic heterocycles. The molecule has 2 rings (SSSR count). The predicted octanol–water partition coefficient (Wildman–Crippen LogP) is 4.63. The van der Waals surface area contributed by atoms with Gasteiger partial charge in [-0.25, -0.2) is 0 Å². The van der Waals surface area contributed by atoms with Gasteiger partial charge >= 0.3 is 0 Å². The summed E-state index contributed by atoms with van der Waals surface area (Å²) < 4.78 is 64.5. The van der Waals surface area contributed by atoms with Gasteiger partial charge in [0.1, 0.15) is 0 Å². The highest BCUT2D eigenvalue weighted by Crippen LogP contribution is 2.28. The Labute approximate surface area is 161 Å². The lowest BCUT2D eigenvalue weighted by atomic mass is 9.99. The molecule has 2 N–H and O–H groups in total. The van der Waals surface area contributed by atoms with Gasteiger partial charge in [-0.15, -0.1) is 0 Å². The first kappa shape index (κ1) is 21.8. The Balaban J connectivity index is 2.28. The fourth-order valence-corrected chi connectivity index (χ4v) is 4.27. The van der Waals surface area contributed by atoms with Crippen molar-refractivity contribution in [2.45, 2.75) is 68.1 Å². The molecule has 150 valence electrons. The minimum Gasteiger partial charge on any atom is -0.282 e. The SMILES string of the molecule is CCCCCCCCCc1cc(S(=O)(=O)O)cc2cc(S(=O)(=O)O)ccc12. The van der Waals surface area contributed by atoms with Crippen LogP contribution in [-0.2, 0) is 26.7 Å². The first-order valence-corrected chi connectivity index (χ1v) is 12.0. The van der Waals surface area contributed by atoms with E-state index in [1.807, 2.05) is 0 Å². The van der Waals surface area contributed by atoms with Crippen LogP contribution in [0.15, 0.2) is 40.1 Å². The highest BCUT2D eigenvalue weighted by atomic mass is 32.2. The third-order valence-corrected chi connectivity index (χ3v) is 6.31. The topological polar surface area (TPSA) is 109 Å². The van der Waals surface area contributed by atoms with Crippen molar-refractivity contribution in [1.82, 2.24) is 0 Å². The molecular weight excluding hydrogens is 388 g/mol. The molecule has 2 aromatic carbocycles. The fourth-order valence-electron chi connectivity index (χ4n) is 3.19. The summed E-state index contributed by atoms with van der Waals surface area (Å²) in [4.78, 5) is -0.593. The number of hydrogen-bond donors (Lipinski definition) is 2. The average Bonchev–Trinajstić information content (AvgIpc) is 2.58. The molecule has 8 heteroatoms. The number of unbranched alkanes of at least 4 members (excludes halogenated alkanes) is 6. The van der Waals surface area contributed by atoms with E-state index in [0.29, 0.717) is 17.2 Å². The highest BCUT2D eigenvalue weighted by molar-refractivity contribution is 7.86. The van der Waals surface area contributed by atoms with Gasteiger partial charge in [0, 0.05) is 0 Å². The molecule has 0 radical (unpaired) electrons. The van der Waals surface area contributed by atoms with Crippen LogP contribution >= 0.6 is 0 Å². The molecule has 0 bridgehead atoms. The van der Waals surface area contributed by atoms with Gasteiger partial charge in [-0.3, -0.25) is 9.11 Å². The van der Waals surface area contributed by atoms with Gasteiger partial charge in [0.15, 0.2) is 0 Å². The predicted molar refractivity (Wildman–Crippen MR) is 105 cm³/mol. The lowest BCUT2D eigenvalue weighted by Gasteiger charge is -2.10. The van der Waals surface area contributed by atoms with Gasteiger partial charge in [0.25, 0.3) is 20.2 Å². The van der Waals surface area contributed by atoms with Crippen molar-refractivity contribution in [2.75, 3.05) is 0 Å². The van der Waals surface area contributed by atoms with Crippen LogP contribution in [-0.4, -0.2) is 25.9 Å². The van der Waals surface area contributed by atoms with Crippen molar-refractivity contribution in [1.29, 1.82) is 0 Å². The number of rotatable bonds is 10. The van der Waals surface area contributed by atoms with E-state index in [4.69, 9.17) is 0 Å². The maximum Gasteiger partial charge on any atom is 0.294 e. The Morgan fingerprint density at radius 1 is 0.741 bits per heavy atom. The van der Waals surface area contributed by atoms with Crippen molar-refractivity contribution in [3.63, 3.8) is 0 Å². The van der Waals surface area contributed by atoms with Crippen molar-refractivity contribution in [2.24, 2.45) is 0 Å². The van der Waals surface area contributed by atoms with Crippen LogP contribution in [0.25, 0.3) is 10.8 Å². The Morgan fingerprint density at radius 2 is 1.30 bits per heavy atom. The molecule has 0 saturated carbocycles. The number of aryl methyl sites for hydroxylation is 1. The maximum absolute atomic E-state index is 11.6.